The van der Waals surface area contributed by atoms with Gasteiger partial charge in [-0.2, -0.15) is 0 Å². The quantitative estimate of drug-likeness (QED) is 0.539. The van der Waals surface area contributed by atoms with Crippen molar-refractivity contribution in [2.75, 3.05) is 12.8 Å². The summed E-state index contributed by atoms with van der Waals surface area (Å²) in [5.41, 5.74) is 0.949. The monoisotopic (exact) mass is 273 g/mol. The first kappa shape index (κ1) is 14.7. The Balaban J connectivity index is 2.13. The van der Waals surface area contributed by atoms with Gasteiger partial charge in [-0.3, -0.25) is 4.57 Å². The van der Waals surface area contributed by atoms with Crippen molar-refractivity contribution in [2.45, 2.75) is 13.0 Å². The third-order valence-corrected chi connectivity index (χ3v) is 3.01. The van der Waals surface area contributed by atoms with Gasteiger partial charge in [0.05, 0.1) is 12.8 Å². The van der Waals surface area contributed by atoms with Crippen LogP contribution in [0.2, 0.25) is 0 Å². The molecule has 6 nitrogen and oxygen atoms in total. The number of carbonyl (C=O) groups is 1. The summed E-state index contributed by atoms with van der Waals surface area (Å²) in [5, 5.41) is 2.54. The molecule has 0 saturated carbocycles. The summed E-state index contributed by atoms with van der Waals surface area (Å²) in [6.07, 6.45) is -0.730. The third kappa shape index (κ3) is 7.06. The minimum absolute atomic E-state index is 0.00820. The maximum atomic E-state index is 11.2. The summed E-state index contributed by atoms with van der Waals surface area (Å²) in [7, 11) is -4.00. The van der Waals surface area contributed by atoms with Crippen molar-refractivity contribution in [3.05, 3.63) is 35.9 Å². The zero-order valence-corrected chi connectivity index (χ0v) is 10.7. The fraction of sp³-hybridized carbons (Fsp3) is 0.364. The summed E-state index contributed by atoms with van der Waals surface area (Å²) in [5.74, 6) is 0. The Kier molecular flexibility index (Phi) is 5.85. The number of hydrogen-bond acceptors (Lipinski definition) is 3. The van der Waals surface area contributed by atoms with Gasteiger partial charge >= 0.3 is 13.7 Å². The summed E-state index contributed by atoms with van der Waals surface area (Å²) >= 11 is 0. The van der Waals surface area contributed by atoms with Crippen molar-refractivity contribution in [1.82, 2.24) is 5.32 Å². The Hall–Kier alpha value is -1.36. The number of rotatable bonds is 6. The van der Waals surface area contributed by atoms with E-state index in [2.05, 4.69) is 5.32 Å². The highest BCUT2D eigenvalue weighted by Gasteiger charge is 2.12. The van der Waals surface area contributed by atoms with Crippen LogP contribution in [0.3, 0.4) is 0 Å². The second-order valence-electron chi connectivity index (χ2n) is 3.72. The van der Waals surface area contributed by atoms with Gasteiger partial charge in [-0.15, -0.1) is 0 Å². The molecule has 0 fully saturated rings. The molecule has 1 aromatic carbocycles. The van der Waals surface area contributed by atoms with E-state index < -0.39 is 13.7 Å². The first-order chi connectivity index (χ1) is 8.47. The van der Waals surface area contributed by atoms with Gasteiger partial charge in [-0.05, 0) is 12.0 Å². The van der Waals surface area contributed by atoms with E-state index in [1.54, 1.807) is 0 Å². The Morgan fingerprint density at radius 1 is 1.28 bits per heavy atom. The molecule has 0 aliphatic carbocycles. The summed E-state index contributed by atoms with van der Waals surface area (Å²) < 4.78 is 15.3. The molecule has 1 aromatic rings. The van der Waals surface area contributed by atoms with Crippen molar-refractivity contribution < 1.29 is 23.9 Å². The predicted octanol–water partition coefficient (Wildman–Crippen LogP) is 1.48. The molecule has 18 heavy (non-hydrogen) atoms. The van der Waals surface area contributed by atoms with Crippen molar-refractivity contribution in [3.8, 4) is 0 Å². The van der Waals surface area contributed by atoms with E-state index in [1.165, 1.54) is 0 Å². The Bertz CT molecular complexity index is 417. The fourth-order valence-corrected chi connectivity index (χ4v) is 1.80. The molecule has 7 heteroatoms. The van der Waals surface area contributed by atoms with Crippen LogP contribution in [0, 0.1) is 0 Å². The molecule has 3 N–H and O–H groups in total. The highest BCUT2D eigenvalue weighted by molar-refractivity contribution is 7.51. The maximum Gasteiger partial charge on any atom is 0.407 e. The molecular formula is C11H16NO5P. The average molecular weight is 273 g/mol. The third-order valence-electron chi connectivity index (χ3n) is 2.11. The highest BCUT2D eigenvalue weighted by atomic mass is 31.2. The predicted molar refractivity (Wildman–Crippen MR) is 66.2 cm³/mol. The van der Waals surface area contributed by atoms with E-state index in [0.717, 1.165) is 5.56 Å². The molecule has 1 amide bonds. The van der Waals surface area contributed by atoms with Gasteiger partial charge in [0.1, 0.15) is 0 Å². The Labute approximate surface area is 105 Å². The number of benzene rings is 1. The molecule has 0 aliphatic heterocycles. The molecular weight excluding hydrogens is 257 g/mol. The van der Waals surface area contributed by atoms with Crippen LogP contribution in [0.15, 0.2) is 30.3 Å². The van der Waals surface area contributed by atoms with Gasteiger partial charge in [0.25, 0.3) is 0 Å². The maximum absolute atomic E-state index is 11.2. The largest absolute Gasteiger partial charge is 0.450 e. The van der Waals surface area contributed by atoms with Gasteiger partial charge in [-0.25, -0.2) is 4.79 Å². The Morgan fingerprint density at radius 3 is 2.56 bits per heavy atom. The molecule has 0 atom stereocenters. The normalized spacial score (nSPS) is 11.0. The van der Waals surface area contributed by atoms with Crippen molar-refractivity contribution >= 4 is 13.7 Å². The number of amides is 1. The lowest BCUT2D eigenvalue weighted by atomic mass is 10.2. The zero-order valence-electron chi connectivity index (χ0n) is 9.78. The van der Waals surface area contributed by atoms with Gasteiger partial charge in [0.2, 0.25) is 0 Å². The van der Waals surface area contributed by atoms with Crippen molar-refractivity contribution in [2.24, 2.45) is 0 Å². The van der Waals surface area contributed by atoms with Crippen LogP contribution in [0.5, 0.6) is 0 Å². The molecule has 0 aromatic heterocycles. The lowest BCUT2D eigenvalue weighted by molar-refractivity contribution is 0.145. The molecule has 0 unspecified atom stereocenters. The van der Waals surface area contributed by atoms with Gasteiger partial charge in [-0.1, -0.05) is 30.3 Å². The molecule has 0 bridgehead atoms. The molecule has 0 heterocycles. The van der Waals surface area contributed by atoms with E-state index >= 15 is 0 Å². The summed E-state index contributed by atoms with van der Waals surface area (Å²) in [4.78, 5) is 28.4. The van der Waals surface area contributed by atoms with Crippen LogP contribution < -0.4 is 5.32 Å². The minimum atomic E-state index is -4.00. The number of carbonyl (C=O) groups excluding carboxylic acids is 1. The lowest BCUT2D eigenvalue weighted by Gasteiger charge is -2.07. The molecule has 0 aliphatic rings. The number of hydrogen-bond donors (Lipinski definition) is 3. The first-order valence-corrected chi connectivity index (χ1v) is 7.26. The van der Waals surface area contributed by atoms with E-state index in [1.807, 2.05) is 30.3 Å². The van der Waals surface area contributed by atoms with Gasteiger partial charge in [0.15, 0.2) is 0 Å². The molecule has 1 rings (SSSR count). The Morgan fingerprint density at radius 2 is 1.94 bits per heavy atom. The van der Waals surface area contributed by atoms with Crippen molar-refractivity contribution in [1.29, 1.82) is 0 Å². The summed E-state index contributed by atoms with van der Waals surface area (Å²) in [6.45, 7) is 0.351. The number of ether oxygens (including phenoxy) is 1. The second kappa shape index (κ2) is 7.16. The van der Waals surface area contributed by atoms with Gasteiger partial charge in [0, 0.05) is 6.54 Å². The van der Waals surface area contributed by atoms with E-state index in [9.17, 15) is 9.36 Å². The van der Waals surface area contributed by atoms with Crippen LogP contribution in [0.4, 0.5) is 4.79 Å². The summed E-state index contributed by atoms with van der Waals surface area (Å²) in [6, 6.07) is 9.34. The van der Waals surface area contributed by atoms with Crippen LogP contribution in [0.1, 0.15) is 12.0 Å². The van der Waals surface area contributed by atoms with Crippen LogP contribution in [-0.2, 0) is 15.8 Å². The second-order valence-corrected chi connectivity index (χ2v) is 5.49. The topological polar surface area (TPSA) is 95.9 Å². The molecule has 0 radical (unpaired) electrons. The zero-order chi connectivity index (χ0) is 13.4. The molecule has 0 spiro atoms. The van der Waals surface area contributed by atoms with E-state index in [0.29, 0.717) is 6.54 Å². The van der Waals surface area contributed by atoms with E-state index in [-0.39, 0.29) is 19.2 Å². The van der Waals surface area contributed by atoms with Crippen LogP contribution in [-0.4, -0.2) is 28.6 Å². The van der Waals surface area contributed by atoms with E-state index in [4.69, 9.17) is 14.5 Å². The smallest absolute Gasteiger partial charge is 0.407 e. The molecule has 100 valence electrons. The standard InChI is InChI=1S/C11H16NO5P/c13-11(17-7-4-8-18(14,15)16)12-9-10-5-2-1-3-6-10/h1-3,5-6H,4,7-9H2,(H,12,13)(H2,14,15,16). The first-order valence-electron chi connectivity index (χ1n) is 5.46. The minimum Gasteiger partial charge on any atom is -0.450 e. The fourth-order valence-electron chi connectivity index (χ4n) is 1.26. The van der Waals surface area contributed by atoms with Crippen molar-refractivity contribution in [3.63, 3.8) is 0 Å². The van der Waals surface area contributed by atoms with Crippen LogP contribution >= 0.6 is 7.60 Å². The highest BCUT2D eigenvalue weighted by Crippen LogP contribution is 2.34. The number of alkyl carbamates (subject to hydrolysis) is 1. The molecule has 0 saturated heterocycles. The SMILES string of the molecule is O=C(NCc1ccccc1)OCCCP(=O)(O)O. The lowest BCUT2D eigenvalue weighted by Crippen LogP contribution is -2.24. The average Bonchev–Trinajstić information content (AvgIpc) is 2.32. The van der Waals surface area contributed by atoms with Gasteiger partial charge < -0.3 is 19.8 Å². The van der Waals surface area contributed by atoms with Crippen LogP contribution in [0.25, 0.3) is 0 Å². The number of nitrogens with one attached hydrogen (secondary N) is 1.